The molecule has 0 radical (unpaired) electrons. The molecule has 33 heavy (non-hydrogen) atoms. The molecule has 0 amide bonds. The number of aliphatic imine (C=N–C) groups is 1. The summed E-state index contributed by atoms with van der Waals surface area (Å²) in [5.74, 6) is 0.943. The summed E-state index contributed by atoms with van der Waals surface area (Å²) in [7, 11) is 1.81. The molecule has 5 N–H and O–H groups in total. The smallest absolute Gasteiger partial charge is 0.205 e. The van der Waals surface area contributed by atoms with Gasteiger partial charge in [-0.25, -0.2) is 0 Å². The molecule has 0 bridgehead atoms. The Kier molecular flexibility index (Phi) is 7.73. The zero-order chi connectivity index (χ0) is 23.5. The Balaban J connectivity index is 1.42. The molecular weight excluding hydrogens is 479 g/mol. The van der Waals surface area contributed by atoms with Crippen molar-refractivity contribution in [3.05, 3.63) is 74.9 Å². The molecule has 7 nitrogen and oxygen atoms in total. The van der Waals surface area contributed by atoms with E-state index in [0.29, 0.717) is 20.9 Å². The van der Waals surface area contributed by atoms with Crippen LogP contribution < -0.4 is 11.5 Å². The summed E-state index contributed by atoms with van der Waals surface area (Å²) in [6, 6.07) is 15.5. The van der Waals surface area contributed by atoms with Crippen LogP contribution in [0.3, 0.4) is 0 Å². The van der Waals surface area contributed by atoms with Crippen LogP contribution in [0.4, 0.5) is 0 Å². The maximum absolute atomic E-state index is 11.0. The maximum atomic E-state index is 11.0. The third-order valence-corrected chi connectivity index (χ3v) is 7.99. The number of rotatable bonds is 5. The zero-order valence-corrected chi connectivity index (χ0v) is 20.7. The van der Waals surface area contributed by atoms with Gasteiger partial charge in [0.05, 0.1) is 15.0 Å². The summed E-state index contributed by atoms with van der Waals surface area (Å²) < 4.78 is 0. The zero-order valence-electron chi connectivity index (χ0n) is 18.4. The van der Waals surface area contributed by atoms with E-state index in [0.717, 1.165) is 43.2 Å². The number of likely N-dealkylation sites (N-methyl/N-ethyl adjacent to an activating group) is 1. The van der Waals surface area contributed by atoms with Crippen molar-refractivity contribution in [2.75, 3.05) is 39.8 Å². The van der Waals surface area contributed by atoms with E-state index in [9.17, 15) is 5.11 Å². The van der Waals surface area contributed by atoms with Gasteiger partial charge in [-0.1, -0.05) is 71.4 Å². The van der Waals surface area contributed by atoms with Gasteiger partial charge < -0.3 is 26.4 Å². The Morgan fingerprint density at radius 1 is 1.09 bits per heavy atom. The van der Waals surface area contributed by atoms with Crippen molar-refractivity contribution in [2.24, 2.45) is 16.5 Å². The molecule has 2 aliphatic rings. The number of hydrogen-bond donors (Lipinski definition) is 3. The predicted molar refractivity (Wildman–Crippen MR) is 136 cm³/mol. The van der Waals surface area contributed by atoms with Crippen molar-refractivity contribution in [1.29, 1.82) is 0 Å². The fourth-order valence-corrected chi connectivity index (χ4v) is 5.42. The van der Waals surface area contributed by atoms with Gasteiger partial charge >= 0.3 is 0 Å². The fourth-order valence-electron chi connectivity index (χ4n) is 3.95. The Morgan fingerprint density at radius 2 is 1.79 bits per heavy atom. The minimum absolute atomic E-state index is 0.0225. The molecule has 10 heteroatoms. The number of piperazine rings is 1. The first-order valence-corrected chi connectivity index (χ1v) is 12.3. The lowest BCUT2D eigenvalue weighted by atomic mass is 10.1. The Bertz CT molecular complexity index is 1040. The molecule has 0 aliphatic carbocycles. The molecule has 0 saturated carbocycles. The standard InChI is InChI=1S/C23H28Cl2N6OS/c1-29-22(32)20(33-18-9-5-8-16(24)19(18)25)21(27)28-23(29)31-12-10-30(11-13-31)14-17(26)15-6-3-2-4-7-15/h2-9,17,22,32H,10-14,26-27H2,1H3/t17-,22?/m1/s1. The molecule has 1 fully saturated rings. The largest absolute Gasteiger partial charge is 0.383 e. The number of nitrogens with zero attached hydrogens (tertiary/aromatic N) is 4. The van der Waals surface area contributed by atoms with Gasteiger partial charge in [0.25, 0.3) is 0 Å². The quantitative estimate of drug-likeness (QED) is 0.573. The van der Waals surface area contributed by atoms with Crippen LogP contribution >= 0.6 is 35.0 Å². The molecular formula is C23H28Cl2N6OS. The van der Waals surface area contributed by atoms with Crippen LogP contribution in [0, 0.1) is 0 Å². The monoisotopic (exact) mass is 506 g/mol. The molecule has 0 spiro atoms. The number of hydrogen-bond acceptors (Lipinski definition) is 8. The van der Waals surface area contributed by atoms with E-state index in [1.807, 2.05) is 37.4 Å². The van der Waals surface area contributed by atoms with Gasteiger partial charge in [-0.2, -0.15) is 4.99 Å². The molecule has 1 unspecified atom stereocenters. The summed E-state index contributed by atoms with van der Waals surface area (Å²) in [5.41, 5.74) is 13.8. The number of aliphatic hydroxyl groups is 1. The summed E-state index contributed by atoms with van der Waals surface area (Å²) in [5, 5.41) is 11.9. The van der Waals surface area contributed by atoms with Gasteiger partial charge in [0.15, 0.2) is 6.23 Å². The first-order valence-electron chi connectivity index (χ1n) is 10.7. The highest BCUT2D eigenvalue weighted by Gasteiger charge is 2.33. The van der Waals surface area contributed by atoms with Crippen LogP contribution in [0.5, 0.6) is 0 Å². The average molecular weight is 507 g/mol. The lowest BCUT2D eigenvalue weighted by Gasteiger charge is -2.42. The second kappa shape index (κ2) is 10.5. The van der Waals surface area contributed by atoms with Crippen LogP contribution in [-0.4, -0.2) is 71.8 Å². The van der Waals surface area contributed by atoms with Gasteiger partial charge in [-0.15, -0.1) is 0 Å². The number of halogens is 2. The molecule has 2 atom stereocenters. The van der Waals surface area contributed by atoms with Gasteiger partial charge in [0, 0.05) is 50.7 Å². The van der Waals surface area contributed by atoms with Crippen molar-refractivity contribution in [3.63, 3.8) is 0 Å². The van der Waals surface area contributed by atoms with Crippen molar-refractivity contribution >= 4 is 40.9 Å². The summed E-state index contributed by atoms with van der Waals surface area (Å²) >= 11 is 13.7. The van der Waals surface area contributed by atoms with Crippen molar-refractivity contribution < 1.29 is 5.11 Å². The van der Waals surface area contributed by atoms with E-state index in [1.165, 1.54) is 11.8 Å². The van der Waals surface area contributed by atoms with Crippen molar-refractivity contribution in [2.45, 2.75) is 17.2 Å². The first-order chi connectivity index (χ1) is 15.8. The first kappa shape index (κ1) is 24.2. The van der Waals surface area contributed by atoms with Crippen LogP contribution in [-0.2, 0) is 0 Å². The Labute approximate surface area is 208 Å². The van der Waals surface area contributed by atoms with Crippen LogP contribution in [0.2, 0.25) is 10.0 Å². The second-order valence-electron chi connectivity index (χ2n) is 8.10. The molecule has 4 rings (SSSR count). The van der Waals surface area contributed by atoms with Gasteiger partial charge in [-0.05, 0) is 17.7 Å². The lowest BCUT2D eigenvalue weighted by molar-refractivity contribution is 0.0860. The third-order valence-electron chi connectivity index (χ3n) is 5.86. The molecule has 176 valence electrons. The second-order valence-corrected chi connectivity index (χ2v) is 9.97. The van der Waals surface area contributed by atoms with E-state index >= 15 is 0 Å². The molecule has 2 aromatic carbocycles. The van der Waals surface area contributed by atoms with Crippen molar-refractivity contribution in [3.8, 4) is 0 Å². The molecule has 2 heterocycles. The van der Waals surface area contributed by atoms with Gasteiger partial charge in [0.1, 0.15) is 5.82 Å². The number of thioether (sulfide) groups is 1. The van der Waals surface area contributed by atoms with Crippen LogP contribution in [0.15, 0.2) is 69.1 Å². The summed E-state index contributed by atoms with van der Waals surface area (Å²) in [6.07, 6.45) is -0.929. The number of benzene rings is 2. The highest BCUT2D eigenvalue weighted by Crippen LogP contribution is 2.40. The number of aliphatic hydroxyl groups excluding tert-OH is 1. The van der Waals surface area contributed by atoms with Crippen LogP contribution in [0.1, 0.15) is 11.6 Å². The minimum atomic E-state index is -0.929. The lowest BCUT2D eigenvalue weighted by Crippen LogP contribution is -2.56. The van der Waals surface area contributed by atoms with Gasteiger partial charge in [0.2, 0.25) is 5.96 Å². The summed E-state index contributed by atoms with van der Waals surface area (Å²) in [4.78, 5) is 12.1. The predicted octanol–water partition coefficient (Wildman–Crippen LogP) is 3.15. The Morgan fingerprint density at radius 3 is 2.48 bits per heavy atom. The molecule has 2 aliphatic heterocycles. The van der Waals surface area contributed by atoms with E-state index in [4.69, 9.17) is 34.7 Å². The highest BCUT2D eigenvalue weighted by molar-refractivity contribution is 8.03. The highest BCUT2D eigenvalue weighted by atomic mass is 35.5. The molecule has 0 aromatic heterocycles. The van der Waals surface area contributed by atoms with E-state index in [-0.39, 0.29) is 11.9 Å². The molecule has 1 saturated heterocycles. The average Bonchev–Trinajstić information content (AvgIpc) is 2.83. The maximum Gasteiger partial charge on any atom is 0.205 e. The fraction of sp³-hybridized carbons (Fsp3) is 0.348. The number of guanidine groups is 1. The number of nitrogens with two attached hydrogens (primary N) is 2. The normalized spacial score (nSPS) is 20.8. The molecule has 2 aromatic rings. The SMILES string of the molecule is CN1C(N2CCN(C[C@@H](N)c3ccccc3)CC2)=NC(N)=C(Sc2cccc(Cl)c2Cl)C1O. The Hall–Kier alpha value is -1.94. The van der Waals surface area contributed by atoms with E-state index < -0.39 is 6.23 Å². The third kappa shape index (κ3) is 5.42. The van der Waals surface area contributed by atoms with E-state index in [1.54, 1.807) is 11.0 Å². The summed E-state index contributed by atoms with van der Waals surface area (Å²) in [6.45, 7) is 4.05. The topological polar surface area (TPSA) is 94.4 Å². The van der Waals surface area contributed by atoms with Gasteiger partial charge in [-0.3, -0.25) is 4.90 Å². The minimum Gasteiger partial charge on any atom is -0.383 e. The van der Waals surface area contributed by atoms with E-state index in [2.05, 4.69) is 26.9 Å². The van der Waals surface area contributed by atoms with Crippen LogP contribution in [0.25, 0.3) is 0 Å². The van der Waals surface area contributed by atoms with Crippen molar-refractivity contribution in [1.82, 2.24) is 14.7 Å².